The highest BCUT2D eigenvalue weighted by molar-refractivity contribution is 6.19. The molecule has 1 heterocycles. The molecular weight excluding hydrogens is 274 g/mol. The largest absolute Gasteiger partial charge is 0.507 e. The number of rotatable bonds is 3. The minimum Gasteiger partial charge on any atom is -0.507 e. The average molecular weight is 292 g/mol. The highest BCUT2D eigenvalue weighted by Gasteiger charge is 2.30. The number of hydrogen-bond donors (Lipinski definition) is 1. The van der Waals surface area contributed by atoms with Crippen LogP contribution in [0.1, 0.15) is 18.4 Å². The van der Waals surface area contributed by atoms with Crippen molar-refractivity contribution in [3.05, 3.63) is 29.8 Å². The second kappa shape index (κ2) is 5.06. The molecular formula is C16H18ClNO2. The van der Waals surface area contributed by atoms with E-state index in [1.165, 1.54) is 5.56 Å². The normalized spacial score (nSPS) is 17.6. The number of anilines is 1. The maximum Gasteiger partial charge on any atom is 0.127 e. The van der Waals surface area contributed by atoms with Gasteiger partial charge in [-0.15, -0.1) is 11.6 Å². The summed E-state index contributed by atoms with van der Waals surface area (Å²) in [7, 11) is 2.03. The van der Waals surface area contributed by atoms with E-state index in [-0.39, 0.29) is 5.92 Å². The van der Waals surface area contributed by atoms with E-state index in [1.54, 1.807) is 0 Å². The van der Waals surface area contributed by atoms with Crippen molar-refractivity contribution >= 4 is 28.1 Å². The summed E-state index contributed by atoms with van der Waals surface area (Å²) in [6.45, 7) is 3.44. The van der Waals surface area contributed by atoms with Crippen molar-refractivity contribution in [1.82, 2.24) is 0 Å². The van der Waals surface area contributed by atoms with E-state index in [2.05, 4.69) is 4.90 Å². The van der Waals surface area contributed by atoms with E-state index in [1.807, 2.05) is 38.2 Å². The summed E-state index contributed by atoms with van der Waals surface area (Å²) in [4.78, 5) is 2.14. The van der Waals surface area contributed by atoms with Crippen LogP contribution < -0.4 is 9.64 Å². The van der Waals surface area contributed by atoms with Gasteiger partial charge in [-0.2, -0.15) is 0 Å². The van der Waals surface area contributed by atoms with E-state index in [0.717, 1.165) is 28.8 Å². The zero-order valence-corrected chi connectivity index (χ0v) is 12.4. The number of ether oxygens (including phenoxy) is 1. The summed E-state index contributed by atoms with van der Waals surface area (Å²) in [5, 5.41) is 12.1. The van der Waals surface area contributed by atoms with Gasteiger partial charge in [0, 0.05) is 47.9 Å². The molecule has 1 aliphatic heterocycles. The fraction of sp³-hybridized carbons (Fsp3) is 0.375. The van der Waals surface area contributed by atoms with Crippen molar-refractivity contribution in [2.45, 2.75) is 12.8 Å². The summed E-state index contributed by atoms with van der Waals surface area (Å²) in [5.74, 6) is 1.95. The number of halogens is 1. The van der Waals surface area contributed by atoms with E-state index < -0.39 is 0 Å². The van der Waals surface area contributed by atoms with Gasteiger partial charge in [0.1, 0.15) is 11.5 Å². The van der Waals surface area contributed by atoms with E-state index in [4.69, 9.17) is 16.3 Å². The summed E-state index contributed by atoms with van der Waals surface area (Å²) in [5.41, 5.74) is 2.24. The van der Waals surface area contributed by atoms with Gasteiger partial charge in [0.2, 0.25) is 0 Å². The number of aromatic hydroxyl groups is 1. The smallest absolute Gasteiger partial charge is 0.127 e. The molecule has 4 heteroatoms. The number of nitrogens with zero attached hydrogens (tertiary/aromatic N) is 1. The van der Waals surface area contributed by atoms with Gasteiger partial charge < -0.3 is 14.7 Å². The zero-order chi connectivity index (χ0) is 14.3. The van der Waals surface area contributed by atoms with E-state index in [0.29, 0.717) is 18.2 Å². The Bertz CT molecular complexity index is 656. The highest BCUT2D eigenvalue weighted by Crippen LogP contribution is 2.47. The maximum absolute atomic E-state index is 10.3. The second-order valence-corrected chi connectivity index (χ2v) is 5.48. The summed E-state index contributed by atoms with van der Waals surface area (Å²) >= 11 is 6.14. The fourth-order valence-electron chi connectivity index (χ4n) is 3.09. The first-order valence-electron chi connectivity index (χ1n) is 6.85. The Morgan fingerprint density at radius 3 is 2.95 bits per heavy atom. The molecule has 0 saturated carbocycles. The first-order valence-corrected chi connectivity index (χ1v) is 7.39. The van der Waals surface area contributed by atoms with Crippen molar-refractivity contribution in [3.8, 4) is 11.5 Å². The van der Waals surface area contributed by atoms with Crippen LogP contribution in [0.25, 0.3) is 10.8 Å². The Balaban J connectivity index is 2.37. The molecule has 0 aromatic heterocycles. The highest BCUT2D eigenvalue weighted by atomic mass is 35.5. The molecule has 0 spiro atoms. The standard InChI is InChI=1S/C16H18ClNO2/c1-3-20-14-6-4-5-11-13(19)7-12-15(16(11)14)10(8-17)9-18(12)2/h4-7,10,19H,3,8-9H2,1-2H3/t10-/m1/s1. The van der Waals surface area contributed by atoms with Gasteiger partial charge in [0.25, 0.3) is 0 Å². The van der Waals surface area contributed by atoms with Crippen LogP contribution in [0.3, 0.4) is 0 Å². The third-order valence-electron chi connectivity index (χ3n) is 3.92. The maximum atomic E-state index is 10.3. The van der Waals surface area contributed by atoms with Crippen molar-refractivity contribution in [2.24, 2.45) is 0 Å². The van der Waals surface area contributed by atoms with Crippen LogP contribution in [0.2, 0.25) is 0 Å². The number of alkyl halides is 1. The number of benzene rings is 2. The van der Waals surface area contributed by atoms with Gasteiger partial charge in [-0.1, -0.05) is 12.1 Å². The Labute approximate surface area is 123 Å². The van der Waals surface area contributed by atoms with Gasteiger partial charge in [-0.3, -0.25) is 0 Å². The lowest BCUT2D eigenvalue weighted by atomic mass is 9.94. The molecule has 0 fully saturated rings. The monoisotopic (exact) mass is 291 g/mol. The van der Waals surface area contributed by atoms with E-state index >= 15 is 0 Å². The molecule has 20 heavy (non-hydrogen) atoms. The molecule has 0 saturated heterocycles. The van der Waals surface area contributed by atoms with Crippen molar-refractivity contribution in [1.29, 1.82) is 0 Å². The number of phenolic OH excluding ortho intramolecular Hbond substituents is 1. The Kier molecular flexibility index (Phi) is 3.38. The molecule has 3 rings (SSSR count). The van der Waals surface area contributed by atoms with Gasteiger partial charge in [0.05, 0.1) is 6.61 Å². The molecule has 0 bridgehead atoms. The predicted molar refractivity (Wildman–Crippen MR) is 83.5 cm³/mol. The van der Waals surface area contributed by atoms with Crippen LogP contribution in [0.4, 0.5) is 5.69 Å². The van der Waals surface area contributed by atoms with Crippen molar-refractivity contribution < 1.29 is 9.84 Å². The summed E-state index contributed by atoms with van der Waals surface area (Å²) in [6, 6.07) is 7.62. The molecule has 2 aromatic rings. The average Bonchev–Trinajstić information content (AvgIpc) is 2.76. The molecule has 106 valence electrons. The number of likely N-dealkylation sites (N-methyl/N-ethyl adjacent to an activating group) is 1. The predicted octanol–water partition coefficient (Wildman–Crippen LogP) is 3.72. The molecule has 0 aliphatic carbocycles. The SMILES string of the molecule is CCOc1cccc2c(O)cc3c(c12)[C@H](CCl)CN3C. The molecule has 1 atom stereocenters. The minimum absolute atomic E-state index is 0.265. The number of fused-ring (bicyclic) bond motifs is 3. The van der Waals surface area contributed by atoms with Crippen LogP contribution in [-0.2, 0) is 0 Å². The Hall–Kier alpha value is -1.61. The molecule has 2 aromatic carbocycles. The fourth-order valence-corrected chi connectivity index (χ4v) is 3.34. The van der Waals surface area contributed by atoms with Crippen LogP contribution >= 0.6 is 11.6 Å². The van der Waals surface area contributed by atoms with Gasteiger partial charge >= 0.3 is 0 Å². The molecule has 0 unspecified atom stereocenters. The third kappa shape index (κ3) is 1.88. The minimum atomic E-state index is 0.265. The molecule has 1 aliphatic rings. The Morgan fingerprint density at radius 2 is 2.25 bits per heavy atom. The quantitative estimate of drug-likeness (QED) is 0.875. The van der Waals surface area contributed by atoms with Gasteiger partial charge in [-0.05, 0) is 18.6 Å². The zero-order valence-electron chi connectivity index (χ0n) is 11.7. The van der Waals surface area contributed by atoms with Crippen LogP contribution in [-0.4, -0.2) is 31.2 Å². The van der Waals surface area contributed by atoms with Gasteiger partial charge in [0.15, 0.2) is 0 Å². The number of hydrogen-bond acceptors (Lipinski definition) is 3. The Morgan fingerprint density at radius 1 is 1.45 bits per heavy atom. The molecule has 0 amide bonds. The summed E-state index contributed by atoms with van der Waals surface area (Å²) < 4.78 is 5.75. The lowest BCUT2D eigenvalue weighted by Gasteiger charge is -2.16. The van der Waals surface area contributed by atoms with Gasteiger partial charge in [-0.25, -0.2) is 0 Å². The van der Waals surface area contributed by atoms with Crippen molar-refractivity contribution in [2.75, 3.05) is 31.0 Å². The molecule has 1 N–H and O–H groups in total. The third-order valence-corrected chi connectivity index (χ3v) is 4.29. The molecule has 0 radical (unpaired) electrons. The first kappa shape index (κ1) is 13.4. The molecule has 3 nitrogen and oxygen atoms in total. The lowest BCUT2D eigenvalue weighted by Crippen LogP contribution is -2.15. The van der Waals surface area contributed by atoms with Crippen LogP contribution in [0.15, 0.2) is 24.3 Å². The number of phenols is 1. The van der Waals surface area contributed by atoms with Crippen molar-refractivity contribution in [3.63, 3.8) is 0 Å². The van der Waals surface area contributed by atoms with Crippen LogP contribution in [0.5, 0.6) is 11.5 Å². The van der Waals surface area contributed by atoms with Crippen LogP contribution in [0, 0.1) is 0 Å². The summed E-state index contributed by atoms with van der Waals surface area (Å²) in [6.07, 6.45) is 0. The van der Waals surface area contributed by atoms with E-state index in [9.17, 15) is 5.11 Å². The lowest BCUT2D eigenvalue weighted by molar-refractivity contribution is 0.344. The first-order chi connectivity index (χ1) is 9.67. The topological polar surface area (TPSA) is 32.7 Å². The second-order valence-electron chi connectivity index (χ2n) is 5.17.